The van der Waals surface area contributed by atoms with E-state index in [1.165, 1.54) is 13.0 Å². The molecule has 0 amide bonds. The van der Waals surface area contributed by atoms with Crippen molar-refractivity contribution in [3.05, 3.63) is 38.8 Å². The Morgan fingerprint density at radius 3 is 2.71 bits per heavy atom. The molecule has 4 heteroatoms. The topological polar surface area (TPSA) is 37.3 Å². The first-order valence-electron chi connectivity index (χ1n) is 3.87. The van der Waals surface area contributed by atoms with E-state index in [-0.39, 0.29) is 5.57 Å². The van der Waals surface area contributed by atoms with Crippen LogP contribution in [0, 0.1) is 0 Å². The molecule has 1 aromatic carbocycles. The maximum atomic E-state index is 10.6. The highest BCUT2D eigenvalue weighted by Crippen LogP contribution is 2.23. The van der Waals surface area contributed by atoms with E-state index >= 15 is 0 Å². The highest BCUT2D eigenvalue weighted by Gasteiger charge is 2.02. The molecular weight excluding hydrogens is 267 g/mol. The summed E-state index contributed by atoms with van der Waals surface area (Å²) in [6.07, 6.45) is 1.54. The van der Waals surface area contributed by atoms with Crippen molar-refractivity contribution in [1.29, 1.82) is 0 Å². The van der Waals surface area contributed by atoms with Crippen molar-refractivity contribution >= 4 is 39.6 Å². The van der Waals surface area contributed by atoms with Crippen LogP contribution in [0.25, 0.3) is 6.08 Å². The van der Waals surface area contributed by atoms with Crippen LogP contribution in [0.2, 0.25) is 5.02 Å². The predicted octanol–water partition coefficient (Wildman–Crippen LogP) is 3.59. The van der Waals surface area contributed by atoms with Crippen molar-refractivity contribution in [2.45, 2.75) is 6.92 Å². The minimum Gasteiger partial charge on any atom is -0.478 e. The molecule has 2 nitrogen and oxygen atoms in total. The fraction of sp³-hybridized carbons (Fsp3) is 0.100. The van der Waals surface area contributed by atoms with Crippen molar-refractivity contribution in [3.8, 4) is 0 Å². The molecule has 0 unspecified atom stereocenters. The molecule has 0 spiro atoms. The normalized spacial score (nSPS) is 11.5. The fourth-order valence-electron chi connectivity index (χ4n) is 0.914. The van der Waals surface area contributed by atoms with Crippen LogP contribution < -0.4 is 0 Å². The molecule has 1 aromatic rings. The van der Waals surface area contributed by atoms with Gasteiger partial charge in [0.2, 0.25) is 0 Å². The molecule has 0 aromatic heterocycles. The number of carboxylic acid groups (broad SMARTS) is 1. The average Bonchev–Trinajstić information content (AvgIpc) is 2.09. The van der Waals surface area contributed by atoms with E-state index in [0.717, 1.165) is 4.47 Å². The third-order valence-electron chi connectivity index (χ3n) is 1.67. The maximum Gasteiger partial charge on any atom is 0.331 e. The van der Waals surface area contributed by atoms with Gasteiger partial charge in [-0.3, -0.25) is 0 Å². The summed E-state index contributed by atoms with van der Waals surface area (Å²) in [5.41, 5.74) is 0.962. The van der Waals surface area contributed by atoms with Crippen LogP contribution in [0.5, 0.6) is 0 Å². The van der Waals surface area contributed by atoms with E-state index in [2.05, 4.69) is 15.9 Å². The van der Waals surface area contributed by atoms with Crippen molar-refractivity contribution in [2.24, 2.45) is 0 Å². The molecule has 14 heavy (non-hydrogen) atoms. The summed E-state index contributed by atoms with van der Waals surface area (Å²) < 4.78 is 0.868. The van der Waals surface area contributed by atoms with Crippen LogP contribution in [0.15, 0.2) is 28.2 Å². The Bertz CT molecular complexity index is 399. The number of rotatable bonds is 2. The molecule has 0 saturated carbocycles. The molecular formula is C10H8BrClO2. The van der Waals surface area contributed by atoms with Crippen molar-refractivity contribution in [2.75, 3.05) is 0 Å². The number of benzene rings is 1. The highest BCUT2D eigenvalue weighted by atomic mass is 79.9. The van der Waals surface area contributed by atoms with Gasteiger partial charge in [0.1, 0.15) is 0 Å². The van der Waals surface area contributed by atoms with Crippen molar-refractivity contribution in [1.82, 2.24) is 0 Å². The summed E-state index contributed by atoms with van der Waals surface area (Å²) in [6, 6.07) is 5.30. The lowest BCUT2D eigenvalue weighted by Crippen LogP contribution is -1.95. The summed E-state index contributed by atoms with van der Waals surface area (Å²) in [5.74, 6) is -0.941. The Hall–Kier alpha value is -0.800. The van der Waals surface area contributed by atoms with Crippen molar-refractivity contribution < 1.29 is 9.90 Å². The molecule has 0 atom stereocenters. The average molecular weight is 276 g/mol. The van der Waals surface area contributed by atoms with Crippen LogP contribution in [0.1, 0.15) is 12.5 Å². The number of halogens is 2. The van der Waals surface area contributed by atoms with E-state index in [4.69, 9.17) is 16.7 Å². The number of carbonyl (C=O) groups is 1. The molecule has 1 N–H and O–H groups in total. The lowest BCUT2D eigenvalue weighted by molar-refractivity contribution is -0.132. The standard InChI is InChI=1S/C10H8BrClO2/c1-6(10(13)14)4-7-2-3-8(11)5-9(7)12/h2-5H,1H3,(H,13,14)/b6-4-. The van der Waals surface area contributed by atoms with Crippen LogP contribution in [-0.2, 0) is 4.79 Å². The summed E-state index contributed by atoms with van der Waals surface area (Å²) in [6.45, 7) is 1.53. The Morgan fingerprint density at radius 2 is 2.21 bits per heavy atom. The third kappa shape index (κ3) is 2.86. The summed E-state index contributed by atoms with van der Waals surface area (Å²) >= 11 is 9.18. The Morgan fingerprint density at radius 1 is 1.57 bits per heavy atom. The molecule has 0 aliphatic heterocycles. The molecule has 0 heterocycles. The van der Waals surface area contributed by atoms with E-state index in [1.807, 2.05) is 6.07 Å². The minimum absolute atomic E-state index is 0.259. The second-order valence-corrected chi connectivity index (χ2v) is 4.12. The van der Waals surface area contributed by atoms with Crippen LogP contribution >= 0.6 is 27.5 Å². The van der Waals surface area contributed by atoms with E-state index in [9.17, 15) is 4.79 Å². The van der Waals surface area contributed by atoms with Gasteiger partial charge in [0, 0.05) is 15.1 Å². The van der Waals surface area contributed by atoms with Gasteiger partial charge in [-0.1, -0.05) is 33.6 Å². The molecule has 0 radical (unpaired) electrons. The quantitative estimate of drug-likeness (QED) is 0.838. The van der Waals surface area contributed by atoms with Gasteiger partial charge >= 0.3 is 5.97 Å². The summed E-state index contributed by atoms with van der Waals surface area (Å²) in [7, 11) is 0. The first-order chi connectivity index (χ1) is 6.50. The molecule has 0 bridgehead atoms. The van der Waals surface area contributed by atoms with Crippen LogP contribution in [0.4, 0.5) is 0 Å². The van der Waals surface area contributed by atoms with Gasteiger partial charge in [0.25, 0.3) is 0 Å². The summed E-state index contributed by atoms with van der Waals surface area (Å²) in [5, 5.41) is 9.20. The van der Waals surface area contributed by atoms with E-state index in [1.54, 1.807) is 12.1 Å². The zero-order chi connectivity index (χ0) is 10.7. The Balaban J connectivity index is 3.09. The van der Waals surface area contributed by atoms with Gasteiger partial charge in [-0.2, -0.15) is 0 Å². The monoisotopic (exact) mass is 274 g/mol. The lowest BCUT2D eigenvalue weighted by atomic mass is 10.1. The highest BCUT2D eigenvalue weighted by molar-refractivity contribution is 9.10. The summed E-state index contributed by atoms with van der Waals surface area (Å²) in [4.78, 5) is 10.6. The maximum absolute atomic E-state index is 10.6. The molecule has 0 fully saturated rings. The molecule has 0 saturated heterocycles. The first-order valence-corrected chi connectivity index (χ1v) is 5.04. The van der Waals surface area contributed by atoms with Gasteiger partial charge in [-0.05, 0) is 30.7 Å². The van der Waals surface area contributed by atoms with Crippen LogP contribution in [-0.4, -0.2) is 11.1 Å². The largest absolute Gasteiger partial charge is 0.478 e. The third-order valence-corrected chi connectivity index (χ3v) is 2.49. The van der Waals surface area contributed by atoms with Gasteiger partial charge in [-0.25, -0.2) is 4.79 Å². The van der Waals surface area contributed by atoms with E-state index in [0.29, 0.717) is 10.6 Å². The fourth-order valence-corrected chi connectivity index (χ4v) is 1.64. The van der Waals surface area contributed by atoms with E-state index < -0.39 is 5.97 Å². The van der Waals surface area contributed by atoms with Crippen molar-refractivity contribution in [3.63, 3.8) is 0 Å². The van der Waals surface area contributed by atoms with Crippen LogP contribution in [0.3, 0.4) is 0 Å². The lowest BCUT2D eigenvalue weighted by Gasteiger charge is -1.99. The second kappa shape index (κ2) is 4.62. The number of carboxylic acids is 1. The molecule has 74 valence electrons. The second-order valence-electron chi connectivity index (χ2n) is 2.80. The molecule has 1 rings (SSSR count). The Kier molecular flexibility index (Phi) is 3.72. The first kappa shape index (κ1) is 11.3. The number of aliphatic carboxylic acids is 1. The minimum atomic E-state index is -0.941. The van der Waals surface area contributed by atoms with Gasteiger partial charge in [0.05, 0.1) is 0 Å². The zero-order valence-corrected chi connectivity index (χ0v) is 9.76. The number of hydrogen-bond donors (Lipinski definition) is 1. The van der Waals surface area contributed by atoms with Gasteiger partial charge < -0.3 is 5.11 Å². The molecule has 0 aliphatic carbocycles. The van der Waals surface area contributed by atoms with Gasteiger partial charge in [0.15, 0.2) is 0 Å². The van der Waals surface area contributed by atoms with Gasteiger partial charge in [-0.15, -0.1) is 0 Å². The predicted molar refractivity (Wildman–Crippen MR) is 60.4 cm³/mol. The molecule has 0 aliphatic rings. The Labute approximate surface area is 95.3 Å². The SMILES string of the molecule is C/C(=C/c1ccc(Br)cc1Cl)C(=O)O. The number of hydrogen-bond acceptors (Lipinski definition) is 1. The smallest absolute Gasteiger partial charge is 0.331 e. The zero-order valence-electron chi connectivity index (χ0n) is 7.42.